The molecule has 1 N–H and O–H groups in total. The predicted octanol–water partition coefficient (Wildman–Crippen LogP) is 27.3. The van der Waals surface area contributed by atoms with E-state index in [-0.39, 0.29) is 321 Å². The number of aliphatic hydroxyl groups is 1. The normalized spacial score (nSPS) is 8.58. The van der Waals surface area contributed by atoms with Gasteiger partial charge in [0.2, 0.25) is 0 Å². The Kier molecular flexibility index (Phi) is 97.0. The molecule has 12 aromatic carbocycles. The number of rotatable bonds is 8. The molecule has 96 heavy (non-hydrogen) atoms. The van der Waals surface area contributed by atoms with Gasteiger partial charge in [-0.1, -0.05) is 248 Å². The Balaban J connectivity index is -0.0000000897. The van der Waals surface area contributed by atoms with Crippen molar-refractivity contribution in [1.29, 1.82) is 0 Å². The van der Waals surface area contributed by atoms with Crippen molar-refractivity contribution in [3.8, 4) is 0 Å². The zero-order valence-corrected chi connectivity index (χ0v) is 82.1. The summed E-state index contributed by atoms with van der Waals surface area (Å²) in [7, 11) is 1.00. The first-order valence-corrected chi connectivity index (χ1v) is 27.0. The van der Waals surface area contributed by atoms with Crippen molar-refractivity contribution >= 4 is 88.6 Å². The number of aliphatic hydroxyl groups excluding tert-OH is 1. The average Bonchev–Trinajstić information content (AvgIpc) is 0.957. The predicted molar refractivity (Wildman–Crippen MR) is 392 cm³/mol. The van der Waals surface area contributed by atoms with E-state index in [9.17, 15) is 0 Å². The van der Waals surface area contributed by atoms with Crippen molar-refractivity contribution < 1.29 is 267 Å². The second-order valence-corrected chi connectivity index (χ2v) is 16.2. The average molecular weight is 1880 g/mol. The molecule has 0 fully saturated rings. The molecule has 9 nitrogen and oxygen atoms in total. The summed E-state index contributed by atoms with van der Waals surface area (Å²) in [6.45, 7) is 12.0. The van der Waals surface area contributed by atoms with Crippen molar-refractivity contribution in [3.63, 3.8) is 0 Å². The van der Waals surface area contributed by atoms with E-state index in [1.807, 2.05) is 260 Å². The number of hydrogen-bond donors (Lipinski definition) is 1. The van der Waals surface area contributed by atoms with Crippen LogP contribution in [0.15, 0.2) is 332 Å². The van der Waals surface area contributed by atoms with Crippen LogP contribution in [0.1, 0.15) is 41.5 Å². The van der Waals surface area contributed by atoms with Gasteiger partial charge in [0.25, 0.3) is 0 Å². The fraction of sp³-hybridized carbons (Fsp3) is 0.0886. The van der Waals surface area contributed by atoms with Crippen LogP contribution in [0.5, 0.6) is 0 Å². The van der Waals surface area contributed by atoms with Crippen LogP contribution in [0.25, 0.3) is 43.1 Å². The minimum absolute atomic E-state index is 0. The van der Waals surface area contributed by atoms with Gasteiger partial charge in [0.1, 0.15) is 0 Å². The fourth-order valence-electron chi connectivity index (χ4n) is 7.50. The van der Waals surface area contributed by atoms with Crippen LogP contribution in [0.3, 0.4) is 0 Å². The van der Waals surface area contributed by atoms with E-state index in [4.69, 9.17) is 5.11 Å². The number of fused-ring (bicyclic) bond motifs is 4. The molecule has 12 aromatic rings. The molecule has 0 spiro atoms. The Morgan fingerprint density at radius 3 is 0.646 bits per heavy atom. The van der Waals surface area contributed by atoms with Gasteiger partial charge in [-0.2, -0.15) is 30.7 Å². The van der Waals surface area contributed by atoms with E-state index in [1.54, 1.807) is 0 Å². The summed E-state index contributed by atoms with van der Waals surface area (Å²) in [5.74, 6) is 0. The molecule has 8 radical (unpaired) electrons. The van der Waals surface area contributed by atoms with Crippen molar-refractivity contribution in [2.75, 3.05) is 7.11 Å². The van der Waals surface area contributed by atoms with E-state index < -0.39 is 0 Å². The van der Waals surface area contributed by atoms with E-state index in [0.29, 0.717) is 0 Å². The Labute approximate surface area is 782 Å². The van der Waals surface area contributed by atoms with Crippen LogP contribution < -0.4 is 0 Å². The van der Waals surface area contributed by atoms with Gasteiger partial charge in [-0.05, 0) is 117 Å². The molecule has 0 aromatic heterocycles. The number of hydrogen-bond acceptors (Lipinski definition) is 9. The van der Waals surface area contributed by atoms with Gasteiger partial charge < -0.3 is 64.5 Å². The Morgan fingerprint density at radius 2 is 0.375 bits per heavy atom. The first-order valence-electron chi connectivity index (χ1n) is 27.0. The molecular formula is C79H94N8OY8-8. The maximum absolute atomic E-state index is 7.00. The van der Waals surface area contributed by atoms with Crippen molar-refractivity contribution in [3.05, 3.63) is 351 Å². The van der Waals surface area contributed by atoms with Gasteiger partial charge in [-0.25, -0.2) is 0 Å². The van der Waals surface area contributed by atoms with Gasteiger partial charge >= 0.3 is 0 Å². The molecule has 0 bridgehead atoms. The Hall–Kier alpha value is -1.13. The topological polar surface area (TPSA) is 119 Å². The van der Waals surface area contributed by atoms with Gasteiger partial charge in [0.05, 0.1) is 45.5 Å². The summed E-state index contributed by atoms with van der Waals surface area (Å²) in [5.41, 5.74) is 7.01. The summed E-state index contributed by atoms with van der Waals surface area (Å²) < 4.78 is 0. The third-order valence-corrected chi connectivity index (χ3v) is 11.1. The molecule has 0 saturated carbocycles. The van der Waals surface area contributed by atoms with Crippen LogP contribution in [0.2, 0.25) is 0 Å². The second-order valence-electron chi connectivity index (χ2n) is 16.2. The van der Waals surface area contributed by atoms with Crippen molar-refractivity contribution in [2.45, 2.75) is 41.5 Å². The Morgan fingerprint density at radius 1 is 0.177 bits per heavy atom. The van der Waals surface area contributed by atoms with Crippen LogP contribution in [-0.2, 0) is 262 Å². The molecule has 12 rings (SSSR count). The molecule has 0 heterocycles. The third kappa shape index (κ3) is 44.4. The minimum Gasteiger partial charge on any atom is -0.400 e. The minimum atomic E-state index is 0. The van der Waals surface area contributed by atoms with E-state index in [1.165, 1.54) is 32.3 Å². The standard InChI is InChI=1S/4C16H12N2.3C2H6.CH4O.8CH3.8Y/c2*1-2-9-14(10-3-1)17-18-16-12-6-8-13-7-4-5-11-15(13)16;2*1-2-8-15(9-3-1)17-18-16-11-10-13-6-4-5-7-14(13)12-16;4*1-2;;;;;;;;;;;;;;;;/h4*1-12H;3*1-2H3;2H,1H3;8*1H3;;;;;;;;/q;;;;;;;;8*-1;;;;;;;;. The zero-order valence-electron chi connectivity index (χ0n) is 59.4. The molecule has 0 atom stereocenters. The molecule has 0 saturated heterocycles. The second kappa shape index (κ2) is 76.5. The third-order valence-electron chi connectivity index (χ3n) is 11.1. The van der Waals surface area contributed by atoms with Gasteiger partial charge in [-0.3, -0.25) is 0 Å². The maximum atomic E-state index is 7.00. The summed E-state index contributed by atoms with van der Waals surface area (Å²) in [6, 6.07) is 96.2. The monoisotopic (exact) mass is 1880 g/mol. The fourth-order valence-corrected chi connectivity index (χ4v) is 7.50. The van der Waals surface area contributed by atoms with Gasteiger partial charge in [0.15, 0.2) is 0 Å². The van der Waals surface area contributed by atoms with Crippen LogP contribution in [0.4, 0.5) is 45.5 Å². The quantitative estimate of drug-likeness (QED) is 0.118. The molecule has 0 aliphatic carbocycles. The smallest absolute Gasteiger partial charge is 0.0935 e. The Bertz CT molecular complexity index is 3530. The molecule has 0 aliphatic rings. The summed E-state index contributed by atoms with van der Waals surface area (Å²) in [6.07, 6.45) is 0. The van der Waals surface area contributed by atoms with Gasteiger partial charge in [-0.15, -0.1) is 10.2 Å². The largest absolute Gasteiger partial charge is 0.400 e. The number of benzene rings is 12. The van der Waals surface area contributed by atoms with E-state index in [0.717, 1.165) is 63.4 Å². The van der Waals surface area contributed by atoms with Crippen molar-refractivity contribution in [1.82, 2.24) is 0 Å². The molecule has 17 heteroatoms. The maximum Gasteiger partial charge on any atom is 0.0935 e. The molecule has 0 aliphatic heterocycles. The van der Waals surface area contributed by atoms with Gasteiger partial charge in [0, 0.05) is 280 Å². The number of nitrogens with zero attached hydrogens (tertiary/aromatic N) is 8. The van der Waals surface area contributed by atoms with Crippen LogP contribution in [-0.4, -0.2) is 12.2 Å². The summed E-state index contributed by atoms with van der Waals surface area (Å²) >= 11 is 0. The molecule has 488 valence electrons. The number of azo groups is 4. The summed E-state index contributed by atoms with van der Waals surface area (Å²) in [4.78, 5) is 0. The molecular weight excluding hydrogens is 1790 g/mol. The van der Waals surface area contributed by atoms with Crippen LogP contribution in [0, 0.1) is 59.4 Å². The summed E-state index contributed by atoms with van der Waals surface area (Å²) in [5, 5.41) is 50.5. The first kappa shape index (κ1) is 122. The SMILES string of the molecule is CC.CC.CC.CO.[CH3-].[CH3-].[CH3-].[CH3-].[CH3-].[CH3-].[CH3-].[CH3-].[Y].[Y].[Y].[Y].[Y].[Y].[Y].[Y].c1ccc(N=Nc2ccc3ccccc3c2)cc1.c1ccc(N=Nc2ccc3ccccc3c2)cc1.c1ccc(N=Nc2cccc3ccccc23)cc1.c1ccc(N=Nc2cccc3ccccc23)cc1. The van der Waals surface area contributed by atoms with E-state index in [2.05, 4.69) is 114 Å². The van der Waals surface area contributed by atoms with E-state index >= 15 is 0 Å². The first-order chi connectivity index (χ1) is 39.7. The molecule has 0 unspecified atom stereocenters. The zero-order chi connectivity index (χ0) is 56.8. The molecule has 0 amide bonds. The van der Waals surface area contributed by atoms with Crippen molar-refractivity contribution in [2.24, 2.45) is 40.9 Å². The van der Waals surface area contributed by atoms with Crippen LogP contribution >= 0.6 is 0 Å².